The highest BCUT2D eigenvalue weighted by Gasteiger charge is 2.19. The molecular weight excluding hydrogens is 264 g/mol. The third-order valence-corrected chi connectivity index (χ3v) is 2.74. The van der Waals surface area contributed by atoms with Gasteiger partial charge in [-0.3, -0.25) is 4.79 Å². The van der Waals surface area contributed by atoms with E-state index in [0.717, 1.165) is 0 Å². The number of hydrogen-bond acceptors (Lipinski definition) is 6. The number of hydrogen-bond donors (Lipinski definition) is 1. The van der Waals surface area contributed by atoms with E-state index in [1.54, 1.807) is 19.1 Å². The molecule has 0 aliphatic rings. The van der Waals surface area contributed by atoms with Crippen LogP contribution >= 0.6 is 0 Å². The number of carbonyl (C=O) groups excluding carboxylic acids is 1. The SMILES string of the molecule is CCOC(=O)CC(O)c1cc(OC)c(OC)c(OC)c1. The molecule has 112 valence electrons. The Labute approximate surface area is 118 Å². The molecule has 1 N–H and O–H groups in total. The Bertz CT molecular complexity index is 432. The molecule has 0 aromatic heterocycles. The Morgan fingerprint density at radius 1 is 1.15 bits per heavy atom. The molecule has 0 aliphatic carbocycles. The second-order valence-corrected chi connectivity index (χ2v) is 3.98. The lowest BCUT2D eigenvalue weighted by molar-refractivity contribution is -0.145. The summed E-state index contributed by atoms with van der Waals surface area (Å²) in [6.45, 7) is 1.99. The van der Waals surface area contributed by atoms with Gasteiger partial charge in [0, 0.05) is 0 Å². The van der Waals surface area contributed by atoms with Gasteiger partial charge in [-0.25, -0.2) is 0 Å². The first-order valence-corrected chi connectivity index (χ1v) is 6.20. The minimum Gasteiger partial charge on any atom is -0.493 e. The van der Waals surface area contributed by atoms with E-state index < -0.39 is 12.1 Å². The van der Waals surface area contributed by atoms with Crippen molar-refractivity contribution in [1.82, 2.24) is 0 Å². The van der Waals surface area contributed by atoms with E-state index in [9.17, 15) is 9.90 Å². The summed E-state index contributed by atoms with van der Waals surface area (Å²) in [4.78, 5) is 11.4. The molecule has 0 aliphatic heterocycles. The number of ether oxygens (including phenoxy) is 4. The summed E-state index contributed by atoms with van der Waals surface area (Å²) < 4.78 is 20.4. The van der Waals surface area contributed by atoms with Crippen molar-refractivity contribution >= 4 is 5.97 Å². The van der Waals surface area contributed by atoms with Crippen LogP contribution in [0.2, 0.25) is 0 Å². The lowest BCUT2D eigenvalue weighted by Gasteiger charge is -2.16. The van der Waals surface area contributed by atoms with Gasteiger partial charge in [0.05, 0.1) is 40.5 Å². The predicted molar refractivity (Wildman–Crippen MR) is 72.3 cm³/mol. The van der Waals surface area contributed by atoms with Crippen LogP contribution in [0.25, 0.3) is 0 Å². The predicted octanol–water partition coefficient (Wildman–Crippen LogP) is 1.70. The molecule has 0 fully saturated rings. The highest BCUT2D eigenvalue weighted by molar-refractivity contribution is 5.70. The number of aliphatic hydroxyl groups excluding tert-OH is 1. The largest absolute Gasteiger partial charge is 0.493 e. The van der Waals surface area contributed by atoms with Crippen LogP contribution in [0.4, 0.5) is 0 Å². The quantitative estimate of drug-likeness (QED) is 0.768. The van der Waals surface area contributed by atoms with Gasteiger partial charge in [0.2, 0.25) is 5.75 Å². The third-order valence-electron chi connectivity index (χ3n) is 2.74. The molecule has 0 heterocycles. The lowest BCUT2D eigenvalue weighted by atomic mass is 10.1. The van der Waals surface area contributed by atoms with Gasteiger partial charge in [-0.05, 0) is 24.6 Å². The van der Waals surface area contributed by atoms with E-state index in [1.165, 1.54) is 21.3 Å². The van der Waals surface area contributed by atoms with E-state index in [-0.39, 0.29) is 13.0 Å². The van der Waals surface area contributed by atoms with E-state index in [4.69, 9.17) is 18.9 Å². The number of carbonyl (C=O) groups is 1. The van der Waals surface area contributed by atoms with Gasteiger partial charge < -0.3 is 24.1 Å². The molecule has 1 rings (SSSR count). The van der Waals surface area contributed by atoms with Crippen LogP contribution < -0.4 is 14.2 Å². The second kappa shape index (κ2) is 7.59. The molecule has 20 heavy (non-hydrogen) atoms. The zero-order chi connectivity index (χ0) is 15.1. The van der Waals surface area contributed by atoms with Gasteiger partial charge in [0.25, 0.3) is 0 Å². The lowest BCUT2D eigenvalue weighted by Crippen LogP contribution is -2.10. The average Bonchev–Trinajstić information content (AvgIpc) is 2.45. The summed E-state index contributed by atoms with van der Waals surface area (Å²) in [6, 6.07) is 3.20. The van der Waals surface area contributed by atoms with Gasteiger partial charge >= 0.3 is 5.97 Å². The highest BCUT2D eigenvalue weighted by Crippen LogP contribution is 2.40. The molecule has 0 spiro atoms. The maximum Gasteiger partial charge on any atom is 0.308 e. The molecule has 1 aromatic rings. The summed E-state index contributed by atoms with van der Waals surface area (Å²) in [5.41, 5.74) is 0.493. The van der Waals surface area contributed by atoms with Crippen molar-refractivity contribution in [3.63, 3.8) is 0 Å². The molecule has 0 radical (unpaired) electrons. The minimum atomic E-state index is -0.997. The molecule has 6 heteroatoms. The fourth-order valence-electron chi connectivity index (χ4n) is 1.79. The van der Waals surface area contributed by atoms with Crippen LogP contribution in [0, 0.1) is 0 Å². The normalized spacial score (nSPS) is 11.7. The smallest absolute Gasteiger partial charge is 0.308 e. The van der Waals surface area contributed by atoms with Crippen molar-refractivity contribution in [2.75, 3.05) is 27.9 Å². The molecule has 0 saturated heterocycles. The van der Waals surface area contributed by atoms with E-state index >= 15 is 0 Å². The number of benzene rings is 1. The molecule has 1 unspecified atom stereocenters. The van der Waals surface area contributed by atoms with Gasteiger partial charge in [-0.1, -0.05) is 0 Å². The molecule has 0 bridgehead atoms. The molecule has 1 atom stereocenters. The molecule has 0 saturated carbocycles. The fourth-order valence-corrected chi connectivity index (χ4v) is 1.79. The first-order chi connectivity index (χ1) is 9.57. The number of esters is 1. The van der Waals surface area contributed by atoms with Crippen molar-refractivity contribution in [3.8, 4) is 17.2 Å². The first kappa shape index (κ1) is 16.1. The maximum atomic E-state index is 11.4. The number of methoxy groups -OCH3 is 3. The third kappa shape index (κ3) is 3.77. The Kier molecular flexibility index (Phi) is 6.11. The van der Waals surface area contributed by atoms with E-state index in [0.29, 0.717) is 22.8 Å². The Morgan fingerprint density at radius 3 is 2.10 bits per heavy atom. The standard InChI is InChI=1S/C14H20O6/c1-5-20-13(16)8-10(15)9-6-11(17-2)14(19-4)12(7-9)18-3/h6-7,10,15H,5,8H2,1-4H3. The summed E-state index contributed by atoms with van der Waals surface area (Å²) in [7, 11) is 4.46. The summed E-state index contributed by atoms with van der Waals surface area (Å²) in [6.07, 6.45) is -1.13. The van der Waals surface area contributed by atoms with Gasteiger partial charge in [0.15, 0.2) is 11.5 Å². The van der Waals surface area contributed by atoms with Crippen LogP contribution in [0.1, 0.15) is 25.0 Å². The highest BCUT2D eigenvalue weighted by atomic mass is 16.5. The Balaban J connectivity index is 3.03. The Hall–Kier alpha value is -1.95. The van der Waals surface area contributed by atoms with Crippen molar-refractivity contribution in [3.05, 3.63) is 17.7 Å². The zero-order valence-electron chi connectivity index (χ0n) is 12.1. The van der Waals surface area contributed by atoms with Crippen molar-refractivity contribution in [2.24, 2.45) is 0 Å². The monoisotopic (exact) mass is 284 g/mol. The molecule has 1 aromatic carbocycles. The Morgan fingerprint density at radius 2 is 1.70 bits per heavy atom. The second-order valence-electron chi connectivity index (χ2n) is 3.98. The van der Waals surface area contributed by atoms with Crippen LogP contribution in [0.5, 0.6) is 17.2 Å². The molecule has 6 nitrogen and oxygen atoms in total. The summed E-state index contributed by atoms with van der Waals surface area (Å²) in [5.74, 6) is 0.811. The maximum absolute atomic E-state index is 11.4. The summed E-state index contributed by atoms with van der Waals surface area (Å²) >= 11 is 0. The topological polar surface area (TPSA) is 74.2 Å². The fraction of sp³-hybridized carbons (Fsp3) is 0.500. The number of aliphatic hydroxyl groups is 1. The van der Waals surface area contributed by atoms with Crippen LogP contribution in [-0.2, 0) is 9.53 Å². The molecule has 0 amide bonds. The first-order valence-electron chi connectivity index (χ1n) is 6.20. The van der Waals surface area contributed by atoms with E-state index in [1.807, 2.05) is 0 Å². The van der Waals surface area contributed by atoms with Crippen molar-refractivity contribution < 1.29 is 28.8 Å². The number of rotatable bonds is 7. The zero-order valence-corrected chi connectivity index (χ0v) is 12.1. The van der Waals surface area contributed by atoms with Gasteiger partial charge in [0.1, 0.15) is 0 Å². The van der Waals surface area contributed by atoms with Crippen LogP contribution in [0.3, 0.4) is 0 Å². The van der Waals surface area contributed by atoms with E-state index in [2.05, 4.69) is 0 Å². The average molecular weight is 284 g/mol. The minimum absolute atomic E-state index is 0.132. The van der Waals surface area contributed by atoms with Crippen LogP contribution in [0.15, 0.2) is 12.1 Å². The van der Waals surface area contributed by atoms with Crippen molar-refractivity contribution in [2.45, 2.75) is 19.4 Å². The van der Waals surface area contributed by atoms with Crippen molar-refractivity contribution in [1.29, 1.82) is 0 Å². The summed E-state index contributed by atoms with van der Waals surface area (Å²) in [5, 5.41) is 10.1. The van der Waals surface area contributed by atoms with Gasteiger partial charge in [-0.2, -0.15) is 0 Å². The molecular formula is C14H20O6. The van der Waals surface area contributed by atoms with Gasteiger partial charge in [-0.15, -0.1) is 0 Å². The van der Waals surface area contributed by atoms with Crippen LogP contribution in [-0.4, -0.2) is 39.0 Å².